The first kappa shape index (κ1) is 20.7. The first-order valence-corrected chi connectivity index (χ1v) is 10.8. The summed E-state index contributed by atoms with van der Waals surface area (Å²) >= 11 is 0. The van der Waals surface area contributed by atoms with Crippen LogP contribution in [0.1, 0.15) is 32.0 Å². The van der Waals surface area contributed by atoms with Gasteiger partial charge in [0.05, 0.1) is 5.56 Å². The van der Waals surface area contributed by atoms with Crippen molar-refractivity contribution >= 4 is 22.9 Å². The fourth-order valence-corrected chi connectivity index (χ4v) is 4.44. The van der Waals surface area contributed by atoms with E-state index in [0.717, 1.165) is 5.56 Å². The van der Waals surface area contributed by atoms with Gasteiger partial charge >= 0.3 is 0 Å². The molecule has 3 aromatic rings. The normalized spacial score (nSPS) is 20.5. The number of carbonyl (C=O) groups excluding carboxylic acids is 1. The van der Waals surface area contributed by atoms with Crippen LogP contribution in [0, 0.1) is 12.8 Å². The number of nitrogens with zero attached hydrogens (tertiary/aromatic N) is 7. The Morgan fingerprint density at radius 1 is 1.22 bits per heavy atom. The molecule has 168 valence electrons. The molecule has 2 aliphatic rings. The van der Waals surface area contributed by atoms with Crippen molar-refractivity contribution in [1.82, 2.24) is 34.4 Å². The van der Waals surface area contributed by atoms with E-state index < -0.39 is 11.8 Å². The second kappa shape index (κ2) is 7.72. The van der Waals surface area contributed by atoms with E-state index in [1.165, 1.54) is 6.33 Å². The highest BCUT2D eigenvalue weighted by Crippen LogP contribution is 2.43. The molecule has 1 saturated carbocycles. The van der Waals surface area contributed by atoms with E-state index in [2.05, 4.69) is 25.3 Å². The maximum atomic E-state index is 13.1. The van der Waals surface area contributed by atoms with Crippen LogP contribution in [0.15, 0.2) is 18.7 Å². The quantitative estimate of drug-likeness (QED) is 0.648. The zero-order chi connectivity index (χ0) is 22.5. The van der Waals surface area contributed by atoms with Gasteiger partial charge in [0.1, 0.15) is 18.0 Å². The number of fused-ring (bicyclic) bond motifs is 1. The summed E-state index contributed by atoms with van der Waals surface area (Å²) in [5.41, 5.74) is 2.12. The molecule has 5 rings (SSSR count). The zero-order valence-corrected chi connectivity index (χ0v) is 17.9. The van der Waals surface area contributed by atoms with Crippen molar-refractivity contribution in [2.45, 2.75) is 51.6 Å². The van der Waals surface area contributed by atoms with Crippen LogP contribution in [0.3, 0.4) is 0 Å². The summed E-state index contributed by atoms with van der Waals surface area (Å²) in [4.78, 5) is 36.3. The number of carbonyl (C=O) groups is 1. The van der Waals surface area contributed by atoms with Crippen molar-refractivity contribution in [1.29, 1.82) is 0 Å². The number of aryl methyl sites for hydroxylation is 2. The molecule has 32 heavy (non-hydrogen) atoms. The van der Waals surface area contributed by atoms with E-state index in [0.29, 0.717) is 54.7 Å². The standard InChI is InChI=1S/C21H24F2N8O/c1-3-31-18(14-8-24-12(2)25-9-14)29-16-17(26-11-27-19(16)31)28-15-4-5-30(10-15)20(32)13-6-21(22,23)7-13/h8-9,11,13,15H,3-7,10H2,1-2H3,(H,26,27,28)/t15-/m0/s1. The third kappa shape index (κ3) is 3.65. The van der Waals surface area contributed by atoms with Crippen LogP contribution in [0.4, 0.5) is 14.6 Å². The van der Waals surface area contributed by atoms with Crippen molar-refractivity contribution in [3.05, 3.63) is 24.5 Å². The summed E-state index contributed by atoms with van der Waals surface area (Å²) in [7, 11) is 0. The predicted octanol–water partition coefficient (Wildman–Crippen LogP) is 2.67. The topological polar surface area (TPSA) is 102 Å². The number of amides is 1. The Morgan fingerprint density at radius 2 is 1.97 bits per heavy atom. The van der Waals surface area contributed by atoms with Crippen LogP contribution in [0.2, 0.25) is 0 Å². The van der Waals surface area contributed by atoms with Crippen molar-refractivity contribution < 1.29 is 13.6 Å². The monoisotopic (exact) mass is 442 g/mol. The molecule has 1 saturated heterocycles. The Balaban J connectivity index is 1.36. The lowest BCUT2D eigenvalue weighted by Gasteiger charge is -2.36. The minimum Gasteiger partial charge on any atom is -0.364 e. The van der Waals surface area contributed by atoms with Crippen molar-refractivity contribution in [3.8, 4) is 11.4 Å². The molecule has 0 bridgehead atoms. The Kier molecular flexibility index (Phi) is 4.98. The largest absolute Gasteiger partial charge is 0.364 e. The first-order valence-electron chi connectivity index (χ1n) is 10.8. The van der Waals surface area contributed by atoms with Gasteiger partial charge in [0.25, 0.3) is 0 Å². The molecule has 2 fully saturated rings. The number of likely N-dealkylation sites (tertiary alicyclic amines) is 1. The van der Waals surface area contributed by atoms with Crippen LogP contribution in [0.25, 0.3) is 22.6 Å². The maximum absolute atomic E-state index is 13.1. The Morgan fingerprint density at radius 3 is 2.66 bits per heavy atom. The predicted molar refractivity (Wildman–Crippen MR) is 113 cm³/mol. The number of hydrogen-bond acceptors (Lipinski definition) is 7. The molecule has 0 spiro atoms. The number of imidazole rings is 1. The second-order valence-electron chi connectivity index (χ2n) is 8.47. The fourth-order valence-electron chi connectivity index (χ4n) is 4.44. The molecule has 1 atom stereocenters. The number of rotatable bonds is 5. The molecule has 1 aliphatic carbocycles. The molecule has 9 nitrogen and oxygen atoms in total. The van der Waals surface area contributed by atoms with E-state index in [1.807, 2.05) is 18.4 Å². The smallest absolute Gasteiger partial charge is 0.249 e. The van der Waals surface area contributed by atoms with Gasteiger partial charge in [0.15, 0.2) is 17.0 Å². The maximum Gasteiger partial charge on any atom is 0.249 e. The summed E-state index contributed by atoms with van der Waals surface area (Å²) in [6, 6.07) is -0.0319. The Hall–Kier alpha value is -3.24. The molecule has 11 heteroatoms. The van der Waals surface area contributed by atoms with E-state index in [4.69, 9.17) is 4.98 Å². The lowest BCUT2D eigenvalue weighted by Crippen LogP contribution is -2.46. The third-order valence-corrected chi connectivity index (χ3v) is 6.17. The van der Waals surface area contributed by atoms with E-state index >= 15 is 0 Å². The average molecular weight is 442 g/mol. The van der Waals surface area contributed by atoms with Gasteiger partial charge in [-0.05, 0) is 20.3 Å². The van der Waals surface area contributed by atoms with Crippen LogP contribution in [-0.2, 0) is 11.3 Å². The molecule has 0 radical (unpaired) electrons. The average Bonchev–Trinajstić information content (AvgIpc) is 3.37. The van der Waals surface area contributed by atoms with Gasteiger partial charge in [-0.25, -0.2) is 33.7 Å². The highest BCUT2D eigenvalue weighted by Gasteiger charge is 2.50. The minimum atomic E-state index is -2.69. The summed E-state index contributed by atoms with van der Waals surface area (Å²) in [5.74, 6) is -1.45. The van der Waals surface area contributed by atoms with Gasteiger partial charge in [-0.3, -0.25) is 4.79 Å². The summed E-state index contributed by atoms with van der Waals surface area (Å²) in [5, 5.41) is 3.38. The number of halogens is 2. The minimum absolute atomic E-state index is 0.0319. The highest BCUT2D eigenvalue weighted by atomic mass is 19.3. The summed E-state index contributed by atoms with van der Waals surface area (Å²) in [6.45, 7) is 5.50. The van der Waals surface area contributed by atoms with Crippen molar-refractivity contribution in [2.75, 3.05) is 18.4 Å². The number of hydrogen-bond donors (Lipinski definition) is 1. The molecule has 0 aromatic carbocycles. The van der Waals surface area contributed by atoms with Crippen LogP contribution < -0.4 is 5.32 Å². The summed E-state index contributed by atoms with van der Waals surface area (Å²) in [6.07, 6.45) is 5.00. The number of nitrogens with one attached hydrogen (secondary N) is 1. The van der Waals surface area contributed by atoms with E-state index in [1.54, 1.807) is 17.3 Å². The van der Waals surface area contributed by atoms with Gasteiger partial charge in [0.2, 0.25) is 11.8 Å². The number of anilines is 1. The van der Waals surface area contributed by atoms with Gasteiger partial charge in [-0.1, -0.05) is 0 Å². The molecular weight excluding hydrogens is 418 g/mol. The van der Waals surface area contributed by atoms with Crippen LogP contribution >= 0.6 is 0 Å². The molecule has 4 heterocycles. The summed E-state index contributed by atoms with van der Waals surface area (Å²) < 4.78 is 28.3. The lowest BCUT2D eigenvalue weighted by atomic mass is 9.80. The van der Waals surface area contributed by atoms with Crippen LogP contribution in [0.5, 0.6) is 0 Å². The van der Waals surface area contributed by atoms with Gasteiger partial charge in [-0.15, -0.1) is 0 Å². The van der Waals surface area contributed by atoms with E-state index in [9.17, 15) is 13.6 Å². The van der Waals surface area contributed by atoms with Gasteiger partial charge in [0, 0.05) is 56.8 Å². The fraction of sp³-hybridized carbons (Fsp3) is 0.524. The van der Waals surface area contributed by atoms with Crippen molar-refractivity contribution in [3.63, 3.8) is 0 Å². The molecule has 0 unspecified atom stereocenters. The highest BCUT2D eigenvalue weighted by molar-refractivity contribution is 5.86. The molecule has 1 N–H and O–H groups in total. The molecule has 3 aromatic heterocycles. The van der Waals surface area contributed by atoms with E-state index in [-0.39, 0.29) is 24.8 Å². The Bertz CT molecular complexity index is 1150. The Labute approximate surface area is 183 Å². The SMILES string of the molecule is CCn1c(-c2cnc(C)nc2)nc2c(N[C@H]3CCN(C(=O)C4CC(F)(F)C4)C3)ncnc21. The molecule has 1 aliphatic heterocycles. The van der Waals surface area contributed by atoms with Gasteiger partial charge < -0.3 is 14.8 Å². The zero-order valence-electron chi connectivity index (χ0n) is 17.9. The molecule has 1 amide bonds. The molecular formula is C21H24F2N8O. The van der Waals surface area contributed by atoms with Crippen molar-refractivity contribution in [2.24, 2.45) is 5.92 Å². The number of alkyl halides is 2. The number of aromatic nitrogens is 6. The first-order chi connectivity index (χ1) is 15.3. The van der Waals surface area contributed by atoms with Gasteiger partial charge in [-0.2, -0.15) is 0 Å². The van der Waals surface area contributed by atoms with Crippen LogP contribution in [-0.4, -0.2) is 65.3 Å². The second-order valence-corrected chi connectivity index (χ2v) is 8.47. The lowest BCUT2D eigenvalue weighted by molar-refractivity contribution is -0.158. The third-order valence-electron chi connectivity index (χ3n) is 6.17.